The molecule has 128 valence electrons. The quantitative estimate of drug-likeness (QED) is 0.717. The highest BCUT2D eigenvalue weighted by Crippen LogP contribution is 2.41. The Morgan fingerprint density at radius 1 is 1.00 bits per heavy atom. The van der Waals surface area contributed by atoms with Gasteiger partial charge in [0.2, 0.25) is 0 Å². The van der Waals surface area contributed by atoms with Gasteiger partial charge in [0, 0.05) is 11.2 Å². The SMILES string of the molecule is COc1ccc([C@@](C)(O)[C@H](c2ccc(Cl)cc2)c2ccccn2)cc1. The maximum atomic E-state index is 11.5. The highest BCUT2D eigenvalue weighted by atomic mass is 35.5. The molecule has 1 N–H and O–H groups in total. The molecule has 0 spiro atoms. The van der Waals surface area contributed by atoms with Gasteiger partial charge in [-0.15, -0.1) is 0 Å². The first-order chi connectivity index (χ1) is 12.0. The molecule has 0 amide bonds. The second-order valence-electron chi connectivity index (χ2n) is 6.12. The lowest BCUT2D eigenvalue weighted by atomic mass is 9.76. The first-order valence-electron chi connectivity index (χ1n) is 8.05. The number of halogens is 1. The van der Waals surface area contributed by atoms with Gasteiger partial charge in [-0.2, -0.15) is 0 Å². The topological polar surface area (TPSA) is 42.4 Å². The zero-order chi connectivity index (χ0) is 17.9. The summed E-state index contributed by atoms with van der Waals surface area (Å²) >= 11 is 6.03. The van der Waals surface area contributed by atoms with E-state index in [0.29, 0.717) is 5.02 Å². The second-order valence-corrected chi connectivity index (χ2v) is 6.55. The van der Waals surface area contributed by atoms with Crippen molar-refractivity contribution in [1.29, 1.82) is 0 Å². The number of hydrogen-bond acceptors (Lipinski definition) is 3. The molecule has 0 saturated carbocycles. The lowest BCUT2D eigenvalue weighted by Crippen LogP contribution is -2.31. The van der Waals surface area contributed by atoms with Gasteiger partial charge in [-0.1, -0.05) is 41.9 Å². The number of aromatic nitrogens is 1. The van der Waals surface area contributed by atoms with Crippen LogP contribution in [0.3, 0.4) is 0 Å². The summed E-state index contributed by atoms with van der Waals surface area (Å²) in [6.45, 7) is 1.81. The third-order valence-corrected chi connectivity index (χ3v) is 4.68. The van der Waals surface area contributed by atoms with Gasteiger partial charge in [0.05, 0.1) is 24.3 Å². The average Bonchev–Trinajstić information content (AvgIpc) is 2.64. The summed E-state index contributed by atoms with van der Waals surface area (Å²) in [5.74, 6) is 0.416. The van der Waals surface area contributed by atoms with Crippen LogP contribution < -0.4 is 4.74 Å². The van der Waals surface area contributed by atoms with Gasteiger partial charge in [-0.05, 0) is 54.4 Å². The molecule has 2 aromatic carbocycles. The number of ether oxygens (including phenoxy) is 1. The zero-order valence-corrected chi connectivity index (χ0v) is 14.9. The molecule has 0 unspecified atom stereocenters. The molecule has 2 atom stereocenters. The highest BCUT2D eigenvalue weighted by Gasteiger charge is 2.37. The number of rotatable bonds is 5. The lowest BCUT2D eigenvalue weighted by molar-refractivity contribution is 0.0380. The molecule has 4 heteroatoms. The van der Waals surface area contributed by atoms with Crippen molar-refractivity contribution in [3.8, 4) is 5.75 Å². The maximum Gasteiger partial charge on any atom is 0.118 e. The number of hydrogen-bond donors (Lipinski definition) is 1. The van der Waals surface area contributed by atoms with Gasteiger partial charge < -0.3 is 9.84 Å². The fraction of sp³-hybridized carbons (Fsp3) is 0.190. The third kappa shape index (κ3) is 3.68. The second kappa shape index (κ2) is 7.26. The van der Waals surface area contributed by atoms with Crippen molar-refractivity contribution >= 4 is 11.6 Å². The Morgan fingerprint density at radius 2 is 1.68 bits per heavy atom. The average molecular weight is 354 g/mol. The van der Waals surface area contributed by atoms with Gasteiger partial charge in [-0.3, -0.25) is 4.98 Å². The molecule has 25 heavy (non-hydrogen) atoms. The van der Waals surface area contributed by atoms with Crippen LogP contribution in [0.15, 0.2) is 72.9 Å². The van der Waals surface area contributed by atoms with Crippen molar-refractivity contribution in [2.75, 3.05) is 7.11 Å². The van der Waals surface area contributed by atoms with Crippen molar-refractivity contribution in [2.45, 2.75) is 18.4 Å². The van der Waals surface area contributed by atoms with Gasteiger partial charge in [0.15, 0.2) is 0 Å². The fourth-order valence-electron chi connectivity index (χ4n) is 3.08. The summed E-state index contributed by atoms with van der Waals surface area (Å²) in [5.41, 5.74) is 1.38. The molecule has 0 bridgehead atoms. The Hall–Kier alpha value is -2.36. The van der Waals surface area contributed by atoms with E-state index < -0.39 is 5.60 Å². The molecule has 0 aliphatic rings. The van der Waals surface area contributed by atoms with Crippen LogP contribution in [0.4, 0.5) is 0 Å². The number of pyridine rings is 1. The van der Waals surface area contributed by atoms with Crippen molar-refractivity contribution in [3.63, 3.8) is 0 Å². The van der Waals surface area contributed by atoms with Gasteiger partial charge in [-0.25, -0.2) is 0 Å². The molecule has 0 aliphatic heterocycles. The van der Waals surface area contributed by atoms with Crippen LogP contribution in [0.1, 0.15) is 29.7 Å². The summed E-state index contributed by atoms with van der Waals surface area (Å²) < 4.78 is 5.22. The molecule has 0 fully saturated rings. The van der Waals surface area contributed by atoms with E-state index >= 15 is 0 Å². The van der Waals surface area contributed by atoms with E-state index in [-0.39, 0.29) is 5.92 Å². The van der Waals surface area contributed by atoms with Gasteiger partial charge in [0.25, 0.3) is 0 Å². The van der Waals surface area contributed by atoms with E-state index in [1.807, 2.05) is 73.7 Å². The first kappa shape index (κ1) is 17.5. The van der Waals surface area contributed by atoms with Gasteiger partial charge in [0.1, 0.15) is 5.75 Å². The molecule has 3 aromatic rings. The van der Waals surface area contributed by atoms with Crippen LogP contribution in [-0.4, -0.2) is 17.2 Å². The lowest BCUT2D eigenvalue weighted by Gasteiger charge is -2.33. The molecule has 0 aliphatic carbocycles. The zero-order valence-electron chi connectivity index (χ0n) is 14.2. The molecule has 1 aromatic heterocycles. The maximum absolute atomic E-state index is 11.5. The molecule has 0 saturated heterocycles. The number of methoxy groups -OCH3 is 1. The smallest absolute Gasteiger partial charge is 0.118 e. The van der Waals surface area contributed by atoms with Crippen LogP contribution in [0.5, 0.6) is 5.75 Å². The predicted molar refractivity (Wildman–Crippen MR) is 100 cm³/mol. The van der Waals surface area contributed by atoms with Crippen molar-refractivity contribution in [1.82, 2.24) is 4.98 Å². The Morgan fingerprint density at radius 3 is 2.24 bits per heavy atom. The monoisotopic (exact) mass is 353 g/mol. The predicted octanol–water partition coefficient (Wildman–Crippen LogP) is 4.78. The Kier molecular flexibility index (Phi) is 5.07. The number of aliphatic hydroxyl groups is 1. The molecule has 1 heterocycles. The number of benzene rings is 2. The summed E-state index contributed by atoms with van der Waals surface area (Å²) in [6.07, 6.45) is 1.74. The molecular weight excluding hydrogens is 334 g/mol. The largest absolute Gasteiger partial charge is 0.497 e. The molecule has 3 rings (SSSR count). The molecular formula is C21H20ClNO2. The van der Waals surface area contributed by atoms with E-state index in [1.54, 1.807) is 13.3 Å². The minimum atomic E-state index is -1.16. The van der Waals surface area contributed by atoms with Crippen LogP contribution in [0.25, 0.3) is 0 Å². The van der Waals surface area contributed by atoms with Crippen LogP contribution >= 0.6 is 11.6 Å². The van der Waals surface area contributed by atoms with Crippen LogP contribution in [-0.2, 0) is 5.60 Å². The van der Waals surface area contributed by atoms with Gasteiger partial charge >= 0.3 is 0 Å². The van der Waals surface area contributed by atoms with Crippen molar-refractivity contribution < 1.29 is 9.84 Å². The number of nitrogens with zero attached hydrogens (tertiary/aromatic N) is 1. The summed E-state index contributed by atoms with van der Waals surface area (Å²) in [4.78, 5) is 4.49. The summed E-state index contributed by atoms with van der Waals surface area (Å²) in [6, 6.07) is 20.7. The normalized spacial score (nSPS) is 14.6. The van der Waals surface area contributed by atoms with E-state index in [1.165, 1.54) is 0 Å². The first-order valence-corrected chi connectivity index (χ1v) is 8.43. The fourth-order valence-corrected chi connectivity index (χ4v) is 3.21. The molecule has 3 nitrogen and oxygen atoms in total. The van der Waals surface area contributed by atoms with E-state index in [2.05, 4.69) is 4.98 Å². The van der Waals surface area contributed by atoms with E-state index in [4.69, 9.17) is 16.3 Å². The summed E-state index contributed by atoms with van der Waals surface area (Å²) in [7, 11) is 1.62. The van der Waals surface area contributed by atoms with Crippen LogP contribution in [0, 0.1) is 0 Å². The highest BCUT2D eigenvalue weighted by molar-refractivity contribution is 6.30. The Bertz CT molecular complexity index is 815. The van der Waals surface area contributed by atoms with E-state index in [9.17, 15) is 5.11 Å². The minimum Gasteiger partial charge on any atom is -0.497 e. The Labute approximate surface area is 152 Å². The minimum absolute atomic E-state index is 0.334. The molecule has 0 radical (unpaired) electrons. The van der Waals surface area contributed by atoms with Crippen LogP contribution in [0.2, 0.25) is 5.02 Å². The Balaban J connectivity index is 2.10. The van der Waals surface area contributed by atoms with Crippen molar-refractivity contribution in [2.24, 2.45) is 0 Å². The standard InChI is InChI=1S/C21H20ClNO2/c1-21(24,16-8-12-18(25-2)13-9-16)20(19-5-3-4-14-23-19)15-6-10-17(22)11-7-15/h3-14,20,24H,1-2H3/t20-,21-/m1/s1. The third-order valence-electron chi connectivity index (χ3n) is 4.42. The van der Waals surface area contributed by atoms with E-state index in [0.717, 1.165) is 22.6 Å². The van der Waals surface area contributed by atoms with Crippen molar-refractivity contribution in [3.05, 3.63) is 94.8 Å². The summed E-state index contributed by atoms with van der Waals surface area (Å²) in [5, 5.41) is 12.1.